The van der Waals surface area contributed by atoms with Crippen LogP contribution in [0.5, 0.6) is 0 Å². The first-order valence-corrected chi connectivity index (χ1v) is 8.04. The van der Waals surface area contributed by atoms with Crippen molar-refractivity contribution in [2.75, 3.05) is 54.4 Å². The predicted molar refractivity (Wildman–Crippen MR) is 87.1 cm³/mol. The lowest BCUT2D eigenvalue weighted by Crippen LogP contribution is -2.30. The molecule has 0 aromatic heterocycles. The summed E-state index contributed by atoms with van der Waals surface area (Å²) < 4.78 is 0. The number of unbranched alkanes of at least 4 members (excludes halogenated alkanes) is 3. The van der Waals surface area contributed by atoms with Crippen LogP contribution < -0.4 is 0 Å². The van der Waals surface area contributed by atoms with Gasteiger partial charge in [0.05, 0.1) is 0 Å². The summed E-state index contributed by atoms with van der Waals surface area (Å²) in [4.78, 5) is 18.3. The number of hydrogen-bond donors (Lipinski definition) is 0. The number of amides is 1. The first-order valence-electron chi connectivity index (χ1n) is 8.04. The zero-order valence-electron chi connectivity index (χ0n) is 14.3. The van der Waals surface area contributed by atoms with Crippen molar-refractivity contribution in [1.82, 2.24) is 14.7 Å². The van der Waals surface area contributed by atoms with Crippen LogP contribution in [0.15, 0.2) is 0 Å². The van der Waals surface area contributed by atoms with Crippen molar-refractivity contribution in [2.24, 2.45) is 0 Å². The molecule has 4 nitrogen and oxygen atoms in total. The Morgan fingerprint density at radius 3 is 2.05 bits per heavy atom. The van der Waals surface area contributed by atoms with Crippen molar-refractivity contribution in [3.63, 3.8) is 0 Å². The maximum absolute atomic E-state index is 11.9. The number of carbonyl (C=O) groups is 1. The first kappa shape index (κ1) is 19.4. The van der Waals surface area contributed by atoms with E-state index in [2.05, 4.69) is 37.9 Å². The number of hydrogen-bond acceptors (Lipinski definition) is 3. The fourth-order valence-corrected chi connectivity index (χ4v) is 2.11. The monoisotopic (exact) mass is 285 g/mol. The van der Waals surface area contributed by atoms with Gasteiger partial charge in [0.25, 0.3) is 0 Å². The Morgan fingerprint density at radius 2 is 1.45 bits per heavy atom. The van der Waals surface area contributed by atoms with E-state index in [-0.39, 0.29) is 0 Å². The van der Waals surface area contributed by atoms with Crippen LogP contribution in [0.25, 0.3) is 0 Å². The van der Waals surface area contributed by atoms with Crippen LogP contribution in [0.4, 0.5) is 0 Å². The molecular weight excluding hydrogens is 250 g/mol. The SMILES string of the molecule is CCN(C)CCCN(C)C(=O)CCCCCCN(C)C. The standard InChI is InChI=1S/C16H35N3O/c1-6-18(4)14-11-15-19(5)16(20)12-9-7-8-10-13-17(2)3/h6-15H2,1-5H3. The average Bonchev–Trinajstić information content (AvgIpc) is 2.41. The zero-order valence-corrected chi connectivity index (χ0v) is 14.3. The molecule has 0 aliphatic carbocycles. The van der Waals surface area contributed by atoms with Gasteiger partial charge >= 0.3 is 0 Å². The molecule has 0 aliphatic rings. The molecule has 0 spiro atoms. The van der Waals surface area contributed by atoms with Crippen LogP contribution in [0, 0.1) is 0 Å². The van der Waals surface area contributed by atoms with Crippen LogP contribution in [-0.2, 0) is 4.79 Å². The maximum Gasteiger partial charge on any atom is 0.222 e. The molecule has 0 aromatic carbocycles. The minimum absolute atomic E-state index is 0.303. The fourth-order valence-electron chi connectivity index (χ4n) is 2.11. The summed E-state index contributed by atoms with van der Waals surface area (Å²) in [5, 5.41) is 0. The highest BCUT2D eigenvalue weighted by atomic mass is 16.2. The van der Waals surface area contributed by atoms with Gasteiger partial charge in [0.1, 0.15) is 0 Å². The van der Waals surface area contributed by atoms with Crippen molar-refractivity contribution < 1.29 is 4.79 Å². The van der Waals surface area contributed by atoms with E-state index < -0.39 is 0 Å². The number of carbonyl (C=O) groups excluding carboxylic acids is 1. The molecule has 0 radical (unpaired) electrons. The molecule has 4 heteroatoms. The van der Waals surface area contributed by atoms with Crippen molar-refractivity contribution in [3.8, 4) is 0 Å². The Hall–Kier alpha value is -0.610. The Morgan fingerprint density at radius 1 is 0.800 bits per heavy atom. The normalized spacial score (nSPS) is 11.3. The Labute approximate surface area is 126 Å². The van der Waals surface area contributed by atoms with Crippen molar-refractivity contribution in [3.05, 3.63) is 0 Å². The van der Waals surface area contributed by atoms with Crippen LogP contribution in [0.3, 0.4) is 0 Å². The molecule has 0 bridgehead atoms. The highest BCUT2D eigenvalue weighted by Gasteiger charge is 2.08. The first-order chi connectivity index (χ1) is 9.47. The smallest absolute Gasteiger partial charge is 0.222 e. The topological polar surface area (TPSA) is 26.8 Å². The minimum Gasteiger partial charge on any atom is -0.346 e. The lowest BCUT2D eigenvalue weighted by molar-refractivity contribution is -0.130. The van der Waals surface area contributed by atoms with Gasteiger partial charge in [-0.1, -0.05) is 19.8 Å². The van der Waals surface area contributed by atoms with Gasteiger partial charge in [0.2, 0.25) is 5.91 Å². The van der Waals surface area contributed by atoms with Gasteiger partial charge in [-0.2, -0.15) is 0 Å². The Balaban J connectivity index is 3.50. The summed E-state index contributed by atoms with van der Waals surface area (Å²) in [6, 6.07) is 0. The fraction of sp³-hybridized carbons (Fsp3) is 0.938. The molecule has 0 aliphatic heterocycles. The van der Waals surface area contributed by atoms with Gasteiger partial charge in [-0.25, -0.2) is 0 Å². The van der Waals surface area contributed by atoms with Crippen LogP contribution in [0.2, 0.25) is 0 Å². The highest BCUT2D eigenvalue weighted by molar-refractivity contribution is 5.75. The van der Waals surface area contributed by atoms with E-state index in [9.17, 15) is 4.79 Å². The van der Waals surface area contributed by atoms with E-state index in [4.69, 9.17) is 0 Å². The second kappa shape index (κ2) is 12.2. The molecule has 0 heterocycles. The summed E-state index contributed by atoms with van der Waals surface area (Å²) in [6.45, 7) is 6.33. The zero-order chi connectivity index (χ0) is 15.4. The van der Waals surface area contributed by atoms with Gasteiger partial charge in [0, 0.05) is 20.0 Å². The summed E-state index contributed by atoms with van der Waals surface area (Å²) in [5.41, 5.74) is 0. The highest BCUT2D eigenvalue weighted by Crippen LogP contribution is 2.05. The third-order valence-electron chi connectivity index (χ3n) is 3.74. The van der Waals surface area contributed by atoms with Gasteiger partial charge in [-0.15, -0.1) is 0 Å². The van der Waals surface area contributed by atoms with E-state index in [1.54, 1.807) is 0 Å². The summed E-state index contributed by atoms with van der Waals surface area (Å²) in [6.07, 6.45) is 6.45. The second-order valence-electron chi connectivity index (χ2n) is 6.03. The molecule has 0 unspecified atom stereocenters. The molecule has 1 amide bonds. The number of rotatable bonds is 12. The third-order valence-corrected chi connectivity index (χ3v) is 3.74. The third kappa shape index (κ3) is 11.2. The summed E-state index contributed by atoms with van der Waals surface area (Å²) >= 11 is 0. The number of nitrogens with zero attached hydrogens (tertiary/aromatic N) is 3. The van der Waals surface area contributed by atoms with Crippen molar-refractivity contribution >= 4 is 5.91 Å². The summed E-state index contributed by atoms with van der Waals surface area (Å²) in [7, 11) is 8.26. The lowest BCUT2D eigenvalue weighted by Gasteiger charge is -2.19. The van der Waals surface area contributed by atoms with E-state index in [0.29, 0.717) is 12.3 Å². The van der Waals surface area contributed by atoms with Gasteiger partial charge in [-0.3, -0.25) is 4.79 Å². The molecule has 120 valence electrons. The van der Waals surface area contributed by atoms with E-state index >= 15 is 0 Å². The molecular formula is C16H35N3O. The van der Waals surface area contributed by atoms with E-state index in [1.807, 2.05) is 11.9 Å². The predicted octanol–water partition coefficient (Wildman–Crippen LogP) is 2.30. The van der Waals surface area contributed by atoms with Crippen molar-refractivity contribution in [1.29, 1.82) is 0 Å². The lowest BCUT2D eigenvalue weighted by atomic mass is 10.1. The van der Waals surface area contributed by atoms with Crippen molar-refractivity contribution in [2.45, 2.75) is 45.4 Å². The molecule has 0 aromatic rings. The van der Waals surface area contributed by atoms with E-state index in [0.717, 1.165) is 39.0 Å². The quantitative estimate of drug-likeness (QED) is 0.515. The molecule has 20 heavy (non-hydrogen) atoms. The summed E-state index contributed by atoms with van der Waals surface area (Å²) in [5.74, 6) is 0.303. The second-order valence-corrected chi connectivity index (χ2v) is 6.03. The van der Waals surface area contributed by atoms with Crippen LogP contribution in [0.1, 0.15) is 45.4 Å². The van der Waals surface area contributed by atoms with Gasteiger partial charge < -0.3 is 14.7 Å². The van der Waals surface area contributed by atoms with Crippen LogP contribution >= 0.6 is 0 Å². The maximum atomic E-state index is 11.9. The molecule has 0 saturated heterocycles. The minimum atomic E-state index is 0.303. The molecule has 0 rings (SSSR count). The van der Waals surface area contributed by atoms with Gasteiger partial charge in [-0.05, 0) is 60.0 Å². The Bertz CT molecular complexity index is 244. The average molecular weight is 285 g/mol. The van der Waals surface area contributed by atoms with Crippen LogP contribution in [-0.4, -0.2) is 75.0 Å². The molecule has 0 saturated carbocycles. The Kier molecular flexibility index (Phi) is 11.8. The molecule has 0 N–H and O–H groups in total. The van der Waals surface area contributed by atoms with E-state index in [1.165, 1.54) is 19.3 Å². The van der Waals surface area contributed by atoms with Gasteiger partial charge in [0.15, 0.2) is 0 Å². The largest absolute Gasteiger partial charge is 0.346 e. The molecule has 0 atom stereocenters. The molecule has 0 fully saturated rings.